The molecule has 0 aromatic heterocycles. The van der Waals surface area contributed by atoms with Gasteiger partial charge in [0.2, 0.25) is 0 Å². The van der Waals surface area contributed by atoms with Gasteiger partial charge in [-0.3, -0.25) is 0 Å². The van der Waals surface area contributed by atoms with Gasteiger partial charge in [-0.25, -0.2) is 0 Å². The van der Waals surface area contributed by atoms with Gasteiger partial charge in [-0.1, -0.05) is 196 Å². The third kappa shape index (κ3) is 28.4. The molecule has 6 nitrogen and oxygen atoms in total. The Balaban J connectivity index is 4.29. The third-order valence-electron chi connectivity index (χ3n) is 12.7. The minimum atomic E-state index is -1.74. The smallest absolute Gasteiger partial charge is 0.273 e. The van der Waals surface area contributed by atoms with Crippen LogP contribution in [0.3, 0.4) is 0 Å². The molecule has 0 saturated heterocycles. The highest BCUT2D eigenvalue weighted by atomic mass is 32.2. The van der Waals surface area contributed by atoms with Crippen LogP contribution in [0.15, 0.2) is 29.4 Å². The van der Waals surface area contributed by atoms with Crippen molar-refractivity contribution in [1.29, 1.82) is 0 Å². The Morgan fingerprint density at radius 3 is 0.409 bits per heavy atom. The Bertz CT molecular complexity index is 1000. The van der Waals surface area contributed by atoms with Crippen molar-refractivity contribution in [3.63, 3.8) is 0 Å². The van der Waals surface area contributed by atoms with E-state index in [1.54, 1.807) is 0 Å². The van der Waals surface area contributed by atoms with E-state index in [0.717, 1.165) is 193 Å². The Morgan fingerprint density at radius 2 is 0.288 bits per heavy atom. The molecule has 0 fully saturated rings. The van der Waals surface area contributed by atoms with Crippen LogP contribution in [0.5, 0.6) is 0 Å². The van der Waals surface area contributed by atoms with E-state index >= 15 is 27.3 Å². The lowest BCUT2D eigenvalue weighted by molar-refractivity contribution is 0.532. The Kier molecular flexibility index (Phi) is 44.1. The quantitative estimate of drug-likeness (QED) is 0.0470. The zero-order valence-corrected chi connectivity index (χ0v) is 48.5. The summed E-state index contributed by atoms with van der Waals surface area (Å²) < 4.78 is 91.8. The van der Waals surface area contributed by atoms with Crippen LogP contribution in [0.4, 0.5) is 0 Å². The van der Waals surface area contributed by atoms with Crippen molar-refractivity contribution in [3.8, 4) is 0 Å². The normalized spacial score (nSPS) is 14.7. The van der Waals surface area contributed by atoms with Gasteiger partial charge < -0.3 is 27.3 Å². The summed E-state index contributed by atoms with van der Waals surface area (Å²) in [5.74, 6) is 1.84. The average molecular weight is 1040 g/mol. The van der Waals surface area contributed by atoms with Crippen molar-refractivity contribution in [1.82, 2.24) is 0 Å². The highest BCUT2D eigenvalue weighted by Crippen LogP contribution is 2.47. The molecule has 0 bridgehead atoms. The maximum absolute atomic E-state index is 15.3. The monoisotopic (exact) mass is 1040 g/mol. The minimum Gasteiger partial charge on any atom is -0.611 e. The largest absolute Gasteiger partial charge is 0.611 e. The molecule has 0 heterocycles. The van der Waals surface area contributed by atoms with Crippen molar-refractivity contribution >= 4 is 67.1 Å². The Hall–Kier alpha value is 1.08. The van der Waals surface area contributed by atoms with E-state index in [1.165, 1.54) is 0 Å². The van der Waals surface area contributed by atoms with Crippen molar-refractivity contribution in [3.05, 3.63) is 0 Å². The van der Waals surface area contributed by atoms with E-state index in [1.807, 2.05) is 0 Å². The first-order valence-electron chi connectivity index (χ1n) is 27.7. The molecule has 0 aliphatic carbocycles. The van der Waals surface area contributed by atoms with Crippen molar-refractivity contribution < 1.29 is 27.3 Å². The van der Waals surface area contributed by atoms with E-state index in [0.29, 0.717) is 73.0 Å². The Labute approximate surface area is 428 Å². The van der Waals surface area contributed by atoms with Gasteiger partial charge in [-0.2, -0.15) is 0 Å². The summed E-state index contributed by atoms with van der Waals surface area (Å²) in [5.41, 5.74) is 0. The number of hydrogen-bond acceptors (Lipinski definition) is 6. The predicted octanol–water partition coefficient (Wildman–Crippen LogP) is 16.5. The first-order valence-corrected chi connectivity index (χ1v) is 35.6. The average Bonchev–Trinajstić information content (AvgIpc) is 3.31. The van der Waals surface area contributed by atoms with Crippen LogP contribution in [0.2, 0.25) is 0 Å². The fraction of sp³-hybridized carbons (Fsp3) is 0.889. The maximum atomic E-state index is 15.3. The molecule has 0 amide bonds. The summed E-state index contributed by atoms with van der Waals surface area (Å²) in [6.07, 6.45) is 36.3. The van der Waals surface area contributed by atoms with Gasteiger partial charge in [0.15, 0.2) is 0 Å². The number of hydrogen-bond donors (Lipinski definition) is 0. The molecular formula is C54H102O6S6. The molecule has 6 atom stereocenters. The van der Waals surface area contributed by atoms with E-state index in [-0.39, 0.29) is 29.4 Å². The number of unbranched alkanes of at least 4 members (excludes halogenated alkanes) is 30. The minimum absolute atomic E-state index is 0.273. The molecule has 0 aliphatic rings. The molecule has 390 valence electrons. The van der Waals surface area contributed by atoms with Crippen LogP contribution in [0.1, 0.15) is 273 Å². The van der Waals surface area contributed by atoms with Crippen LogP contribution in [-0.4, -0.2) is 61.8 Å². The fourth-order valence-corrected chi connectivity index (χ4v) is 20.0. The van der Waals surface area contributed by atoms with Gasteiger partial charge in [0, 0.05) is 0 Å². The molecule has 0 N–H and O–H groups in total. The van der Waals surface area contributed by atoms with Gasteiger partial charge in [0.1, 0.15) is 34.5 Å². The van der Waals surface area contributed by atoms with E-state index in [4.69, 9.17) is 0 Å². The molecule has 1 aromatic rings. The highest BCUT2D eigenvalue weighted by Gasteiger charge is 2.53. The molecule has 12 heteroatoms. The summed E-state index contributed by atoms with van der Waals surface area (Å²) in [5, 5.41) is 0. The lowest BCUT2D eigenvalue weighted by atomic mass is 10.1. The summed E-state index contributed by atoms with van der Waals surface area (Å²) in [6.45, 7) is 13.2. The number of benzene rings is 1. The van der Waals surface area contributed by atoms with Gasteiger partial charge in [0.05, 0.1) is 0 Å². The summed E-state index contributed by atoms with van der Waals surface area (Å²) in [7, 11) is 0. The van der Waals surface area contributed by atoms with E-state index in [2.05, 4.69) is 41.5 Å². The van der Waals surface area contributed by atoms with Crippen LogP contribution in [0.25, 0.3) is 0 Å². The molecule has 6 unspecified atom stereocenters. The molecule has 0 aliphatic heterocycles. The lowest BCUT2D eigenvalue weighted by Crippen LogP contribution is -2.30. The van der Waals surface area contributed by atoms with Gasteiger partial charge >= 0.3 is 0 Å². The van der Waals surface area contributed by atoms with Crippen molar-refractivity contribution in [2.75, 3.05) is 34.5 Å². The summed E-state index contributed by atoms with van der Waals surface area (Å²) in [6, 6.07) is 0. The first-order chi connectivity index (χ1) is 32.2. The zero-order chi connectivity index (χ0) is 48.6. The van der Waals surface area contributed by atoms with Crippen LogP contribution < -0.4 is 0 Å². The zero-order valence-electron chi connectivity index (χ0n) is 43.6. The molecule has 66 heavy (non-hydrogen) atoms. The molecule has 1 aromatic carbocycles. The predicted molar refractivity (Wildman–Crippen MR) is 294 cm³/mol. The lowest BCUT2D eigenvalue weighted by Gasteiger charge is -2.27. The highest BCUT2D eigenvalue weighted by molar-refractivity contribution is 7.99. The second kappa shape index (κ2) is 44.8. The van der Waals surface area contributed by atoms with Crippen molar-refractivity contribution in [2.45, 2.75) is 302 Å². The molecule has 1 rings (SSSR count). The second-order valence-corrected chi connectivity index (χ2v) is 27.9. The summed E-state index contributed by atoms with van der Waals surface area (Å²) in [4.78, 5) is 1.64. The summed E-state index contributed by atoms with van der Waals surface area (Å²) >= 11 is -10.4. The van der Waals surface area contributed by atoms with E-state index in [9.17, 15) is 0 Å². The third-order valence-corrected chi connectivity index (χ3v) is 22.6. The first kappa shape index (κ1) is 65.1. The number of rotatable bonds is 48. The molecular weight excluding hydrogens is 937 g/mol. The van der Waals surface area contributed by atoms with Gasteiger partial charge in [-0.05, 0) is 144 Å². The van der Waals surface area contributed by atoms with Crippen molar-refractivity contribution in [2.24, 2.45) is 0 Å². The van der Waals surface area contributed by atoms with Gasteiger partial charge in [-0.15, -0.1) is 0 Å². The molecule has 0 spiro atoms. The SMILES string of the molecule is CCCCCCCC[S+]([O-])c1c([S+]([O-])CCCCCCCC)c([S+]([O-])CCCCCCCC)c([S+]([O-])CCCCCCCC)c([S+]([O-])CCCCCCCC)c1[S+]([O-])CCCCCCCC. The second-order valence-electron chi connectivity index (χ2n) is 18.9. The van der Waals surface area contributed by atoms with E-state index < -0.39 is 67.1 Å². The fourth-order valence-electron chi connectivity index (χ4n) is 8.55. The molecule has 0 radical (unpaired) electrons. The van der Waals surface area contributed by atoms with Gasteiger partial charge in [0.25, 0.3) is 29.4 Å². The van der Waals surface area contributed by atoms with Crippen LogP contribution in [0, 0.1) is 0 Å². The topological polar surface area (TPSA) is 138 Å². The standard InChI is InChI=1S/C54H102O6S6/c1-7-13-19-25-31-37-43-61(55)49-50(62(56)44-38-32-26-20-14-8-2)52(64(58)46-40-34-28-22-16-10-4)54(66(60)48-42-36-30-24-18-12-6)53(65(59)47-41-35-29-23-17-11-5)51(49)63(57)45-39-33-27-21-15-9-3/h7-48H2,1-6H3. The Morgan fingerprint density at radius 1 is 0.182 bits per heavy atom. The maximum Gasteiger partial charge on any atom is 0.273 e. The van der Waals surface area contributed by atoms with Crippen LogP contribution >= 0.6 is 0 Å². The molecule has 0 saturated carbocycles. The van der Waals surface area contributed by atoms with Crippen LogP contribution in [-0.2, 0) is 67.1 Å².